The number of hydrogen-bond acceptors (Lipinski definition) is 3. The molecule has 0 amide bonds. The normalized spacial score (nSPS) is 29.2. The van der Waals surface area contributed by atoms with E-state index >= 15 is 0 Å². The van der Waals surface area contributed by atoms with E-state index in [9.17, 15) is 8.42 Å². The van der Waals surface area contributed by atoms with Crippen LogP contribution in [-0.4, -0.2) is 44.8 Å². The highest BCUT2D eigenvalue weighted by atomic mass is 32.2. The molecule has 1 spiro atoms. The molecule has 2 aliphatic heterocycles. The van der Waals surface area contributed by atoms with Crippen molar-refractivity contribution in [2.75, 3.05) is 32.1 Å². The van der Waals surface area contributed by atoms with Crippen molar-refractivity contribution in [3.05, 3.63) is 0 Å². The highest BCUT2D eigenvalue weighted by Crippen LogP contribution is 2.53. The smallest absolute Gasteiger partial charge is 0.214 e. The van der Waals surface area contributed by atoms with E-state index in [1.807, 2.05) is 0 Å². The molecule has 3 fully saturated rings. The van der Waals surface area contributed by atoms with Crippen LogP contribution in [0.3, 0.4) is 0 Å². The first-order valence-electron chi connectivity index (χ1n) is 6.65. The molecule has 3 rings (SSSR count). The van der Waals surface area contributed by atoms with Crippen LogP contribution in [0, 0.1) is 11.3 Å². The summed E-state index contributed by atoms with van der Waals surface area (Å²) in [6.45, 7) is 3.20. The van der Waals surface area contributed by atoms with Gasteiger partial charge in [0.25, 0.3) is 0 Å². The lowest BCUT2D eigenvalue weighted by atomic mass is 9.98. The average molecular weight is 259 g/mol. The summed E-state index contributed by atoms with van der Waals surface area (Å²) in [5, 5.41) is 0. The molecule has 17 heavy (non-hydrogen) atoms. The van der Waals surface area contributed by atoms with Gasteiger partial charge in [0, 0.05) is 26.3 Å². The van der Waals surface area contributed by atoms with Crippen LogP contribution in [0.4, 0.5) is 0 Å². The van der Waals surface area contributed by atoms with Crippen molar-refractivity contribution in [3.63, 3.8) is 0 Å². The van der Waals surface area contributed by atoms with Gasteiger partial charge in [-0.3, -0.25) is 0 Å². The zero-order chi connectivity index (χ0) is 11.9. The van der Waals surface area contributed by atoms with E-state index in [4.69, 9.17) is 4.74 Å². The maximum atomic E-state index is 12.1. The molecule has 1 aliphatic carbocycles. The van der Waals surface area contributed by atoms with Gasteiger partial charge < -0.3 is 4.74 Å². The highest BCUT2D eigenvalue weighted by molar-refractivity contribution is 7.89. The summed E-state index contributed by atoms with van der Waals surface area (Å²) in [4.78, 5) is 0. The maximum absolute atomic E-state index is 12.1. The van der Waals surface area contributed by atoms with Crippen LogP contribution in [0.15, 0.2) is 0 Å². The molecule has 2 saturated heterocycles. The lowest BCUT2D eigenvalue weighted by Gasteiger charge is -2.39. The molecule has 0 aromatic rings. The molecule has 1 saturated carbocycles. The van der Waals surface area contributed by atoms with E-state index in [1.54, 1.807) is 4.31 Å². The SMILES string of the molecule is O=S(=O)(CCC1CCOCC1)N1CC2(CC2)C1. The Morgan fingerprint density at radius 3 is 2.41 bits per heavy atom. The Balaban J connectivity index is 1.46. The summed E-state index contributed by atoms with van der Waals surface area (Å²) in [7, 11) is -2.96. The molecule has 0 aromatic heterocycles. The fourth-order valence-corrected chi connectivity index (χ4v) is 4.70. The van der Waals surface area contributed by atoms with Gasteiger partial charge in [0.05, 0.1) is 5.75 Å². The standard InChI is InChI=1S/C12H21NO3S/c14-17(15,13-9-12(10-13)4-5-12)8-3-11-1-6-16-7-2-11/h11H,1-10H2. The fraction of sp³-hybridized carbons (Fsp3) is 1.00. The van der Waals surface area contributed by atoms with E-state index < -0.39 is 10.0 Å². The molecule has 0 bridgehead atoms. The van der Waals surface area contributed by atoms with Gasteiger partial charge in [0.15, 0.2) is 0 Å². The molecule has 0 unspecified atom stereocenters. The second kappa shape index (κ2) is 4.21. The van der Waals surface area contributed by atoms with Crippen molar-refractivity contribution in [1.29, 1.82) is 0 Å². The quantitative estimate of drug-likeness (QED) is 0.763. The van der Waals surface area contributed by atoms with Crippen LogP contribution in [0.5, 0.6) is 0 Å². The van der Waals surface area contributed by atoms with Crippen molar-refractivity contribution < 1.29 is 13.2 Å². The lowest BCUT2D eigenvalue weighted by molar-refractivity contribution is 0.0653. The molecule has 5 heteroatoms. The first-order valence-corrected chi connectivity index (χ1v) is 8.26. The largest absolute Gasteiger partial charge is 0.381 e. The second-order valence-electron chi connectivity index (χ2n) is 5.93. The highest BCUT2D eigenvalue weighted by Gasteiger charge is 2.55. The summed E-state index contributed by atoms with van der Waals surface area (Å²) in [5.74, 6) is 0.892. The molecule has 2 heterocycles. The van der Waals surface area contributed by atoms with Crippen LogP contribution in [0.1, 0.15) is 32.1 Å². The molecule has 3 aliphatic rings. The maximum Gasteiger partial charge on any atom is 0.214 e. The van der Waals surface area contributed by atoms with Gasteiger partial charge in [-0.2, -0.15) is 0 Å². The minimum absolute atomic E-state index is 0.341. The predicted molar refractivity (Wildman–Crippen MR) is 65.2 cm³/mol. The first-order chi connectivity index (χ1) is 8.10. The van der Waals surface area contributed by atoms with Gasteiger partial charge >= 0.3 is 0 Å². The summed E-state index contributed by atoms with van der Waals surface area (Å²) in [5.41, 5.74) is 0.422. The van der Waals surface area contributed by atoms with Crippen LogP contribution in [0.2, 0.25) is 0 Å². The second-order valence-corrected chi connectivity index (χ2v) is 8.02. The molecule has 0 N–H and O–H groups in total. The van der Waals surface area contributed by atoms with E-state index in [2.05, 4.69) is 0 Å². The zero-order valence-electron chi connectivity index (χ0n) is 10.2. The number of hydrogen-bond donors (Lipinski definition) is 0. The van der Waals surface area contributed by atoms with Gasteiger partial charge in [-0.25, -0.2) is 12.7 Å². The van der Waals surface area contributed by atoms with Crippen LogP contribution in [0.25, 0.3) is 0 Å². The van der Waals surface area contributed by atoms with E-state index in [0.717, 1.165) is 45.6 Å². The lowest BCUT2D eigenvalue weighted by Crippen LogP contribution is -2.52. The average Bonchev–Trinajstić information content (AvgIpc) is 3.06. The molecular weight excluding hydrogens is 238 g/mol. The molecule has 0 aromatic carbocycles. The molecule has 4 nitrogen and oxygen atoms in total. The third-order valence-corrected chi connectivity index (χ3v) is 6.30. The van der Waals surface area contributed by atoms with E-state index in [-0.39, 0.29) is 0 Å². The van der Waals surface area contributed by atoms with Gasteiger partial charge in [-0.05, 0) is 43.4 Å². The van der Waals surface area contributed by atoms with E-state index in [1.165, 1.54) is 12.8 Å². The van der Waals surface area contributed by atoms with Crippen molar-refractivity contribution >= 4 is 10.0 Å². The molecule has 98 valence electrons. The monoisotopic (exact) mass is 259 g/mol. The summed E-state index contributed by atoms with van der Waals surface area (Å²) < 4.78 is 31.1. The molecular formula is C12H21NO3S. The molecule has 0 radical (unpaired) electrons. The minimum atomic E-state index is -2.96. The van der Waals surface area contributed by atoms with E-state index in [0.29, 0.717) is 17.1 Å². The van der Waals surface area contributed by atoms with Gasteiger partial charge in [-0.1, -0.05) is 0 Å². The Kier molecular flexibility index (Phi) is 2.96. The molecule has 0 atom stereocenters. The minimum Gasteiger partial charge on any atom is -0.381 e. The Labute approximate surface area is 103 Å². The van der Waals surface area contributed by atoms with Crippen LogP contribution < -0.4 is 0 Å². The number of rotatable bonds is 4. The van der Waals surface area contributed by atoms with Gasteiger partial charge in [0.1, 0.15) is 0 Å². The Morgan fingerprint density at radius 1 is 1.18 bits per heavy atom. The number of nitrogens with zero attached hydrogens (tertiary/aromatic N) is 1. The summed E-state index contributed by atoms with van der Waals surface area (Å²) in [6.07, 6.45) is 5.34. The summed E-state index contributed by atoms with van der Waals surface area (Å²) >= 11 is 0. The van der Waals surface area contributed by atoms with Crippen molar-refractivity contribution in [2.24, 2.45) is 11.3 Å². The van der Waals surface area contributed by atoms with Gasteiger partial charge in [-0.15, -0.1) is 0 Å². The van der Waals surface area contributed by atoms with Crippen molar-refractivity contribution in [1.82, 2.24) is 4.31 Å². The number of ether oxygens (including phenoxy) is 1. The first kappa shape index (κ1) is 11.9. The Hall–Kier alpha value is -0.130. The van der Waals surface area contributed by atoms with Gasteiger partial charge in [0.2, 0.25) is 10.0 Å². The van der Waals surface area contributed by atoms with Crippen molar-refractivity contribution in [3.8, 4) is 0 Å². The van der Waals surface area contributed by atoms with Crippen molar-refractivity contribution in [2.45, 2.75) is 32.1 Å². The van der Waals surface area contributed by atoms with Crippen LogP contribution in [-0.2, 0) is 14.8 Å². The third-order valence-electron chi connectivity index (χ3n) is 4.50. The third kappa shape index (κ3) is 2.51. The Morgan fingerprint density at radius 2 is 1.82 bits per heavy atom. The zero-order valence-corrected chi connectivity index (χ0v) is 11.0. The Bertz CT molecular complexity index is 375. The predicted octanol–water partition coefficient (Wildman–Crippen LogP) is 1.23. The number of sulfonamides is 1. The topological polar surface area (TPSA) is 46.6 Å². The summed E-state index contributed by atoms with van der Waals surface area (Å²) in [6, 6.07) is 0. The fourth-order valence-electron chi connectivity index (χ4n) is 2.87. The van der Waals surface area contributed by atoms with Crippen LogP contribution >= 0.6 is 0 Å².